The molecule has 0 saturated carbocycles. The molecule has 2 atom stereocenters. The van der Waals surface area contributed by atoms with Gasteiger partial charge in [-0.25, -0.2) is 0 Å². The zero-order valence-electron chi connectivity index (χ0n) is 13.0. The monoisotopic (exact) mass is 310 g/mol. The molecule has 0 radical (unpaired) electrons. The van der Waals surface area contributed by atoms with Crippen LogP contribution in [-0.4, -0.2) is 36.1 Å². The molecule has 0 bridgehead atoms. The lowest BCUT2D eigenvalue weighted by molar-refractivity contribution is -0.133. The number of hydrogen-bond donors (Lipinski definition) is 1. The smallest absolute Gasteiger partial charge is 0.241 e. The topological polar surface area (TPSA) is 41.6 Å². The largest absolute Gasteiger partial charge is 0.377 e. The molecule has 1 aliphatic heterocycles. The van der Waals surface area contributed by atoms with E-state index in [1.807, 2.05) is 49.9 Å². The minimum Gasteiger partial charge on any atom is -0.377 e. The van der Waals surface area contributed by atoms with E-state index in [1.54, 1.807) is 7.11 Å². The fourth-order valence-corrected chi connectivity index (χ4v) is 2.77. The highest BCUT2D eigenvalue weighted by molar-refractivity contribution is 6.30. The third kappa shape index (κ3) is 3.57. The molecular formula is C16H23ClN2O2. The third-order valence-corrected chi connectivity index (χ3v) is 4.16. The first-order valence-corrected chi connectivity index (χ1v) is 7.63. The molecule has 0 aromatic heterocycles. The Kier molecular flexibility index (Phi) is 4.91. The Hall–Kier alpha value is -1.10. The number of halogens is 1. The predicted octanol–water partition coefficient (Wildman–Crippen LogP) is 2.97. The molecule has 116 valence electrons. The molecule has 0 aliphatic carbocycles. The van der Waals surface area contributed by atoms with E-state index in [0.717, 1.165) is 12.0 Å². The van der Waals surface area contributed by atoms with Gasteiger partial charge in [0.15, 0.2) is 0 Å². The van der Waals surface area contributed by atoms with E-state index < -0.39 is 5.60 Å². The van der Waals surface area contributed by atoms with Gasteiger partial charge in [0.2, 0.25) is 5.91 Å². The summed E-state index contributed by atoms with van der Waals surface area (Å²) in [5, 5.41) is 4.07. The van der Waals surface area contributed by atoms with Crippen molar-refractivity contribution in [2.45, 2.75) is 45.0 Å². The number of benzene rings is 1. The maximum absolute atomic E-state index is 12.6. The lowest BCUT2D eigenvalue weighted by atomic mass is 10.1. The summed E-state index contributed by atoms with van der Waals surface area (Å²) in [7, 11) is 1.67. The third-order valence-electron chi connectivity index (χ3n) is 3.93. The molecule has 2 unspecified atom stereocenters. The SMILES string of the molecule is CCC1NC(c2cccc(Cl)c2)N(CC(C)(C)OC)C1=O. The maximum Gasteiger partial charge on any atom is 0.241 e. The normalized spacial score (nSPS) is 22.9. The van der Waals surface area contributed by atoms with Crippen LogP contribution in [0.2, 0.25) is 5.02 Å². The molecule has 1 heterocycles. The van der Waals surface area contributed by atoms with E-state index in [1.165, 1.54) is 0 Å². The number of amides is 1. The van der Waals surface area contributed by atoms with E-state index in [0.29, 0.717) is 11.6 Å². The maximum atomic E-state index is 12.6. The Bertz CT molecular complexity index is 519. The van der Waals surface area contributed by atoms with Crippen LogP contribution in [-0.2, 0) is 9.53 Å². The summed E-state index contributed by atoms with van der Waals surface area (Å²) in [6.07, 6.45) is 0.607. The fourth-order valence-electron chi connectivity index (χ4n) is 2.57. The highest BCUT2D eigenvalue weighted by Crippen LogP contribution is 2.30. The van der Waals surface area contributed by atoms with Crippen LogP contribution >= 0.6 is 11.6 Å². The second-order valence-electron chi connectivity index (χ2n) is 6.01. The van der Waals surface area contributed by atoms with Crippen molar-refractivity contribution in [2.75, 3.05) is 13.7 Å². The number of hydrogen-bond acceptors (Lipinski definition) is 3. The number of methoxy groups -OCH3 is 1. The lowest BCUT2D eigenvalue weighted by Gasteiger charge is -2.32. The van der Waals surface area contributed by atoms with Crippen LogP contribution in [0.15, 0.2) is 24.3 Å². The van der Waals surface area contributed by atoms with Gasteiger partial charge in [-0.3, -0.25) is 10.1 Å². The van der Waals surface area contributed by atoms with Gasteiger partial charge < -0.3 is 9.64 Å². The lowest BCUT2D eigenvalue weighted by Crippen LogP contribution is -2.43. The van der Waals surface area contributed by atoms with Crippen LogP contribution in [0.3, 0.4) is 0 Å². The first-order valence-electron chi connectivity index (χ1n) is 7.25. The first kappa shape index (κ1) is 16.3. The molecule has 1 aromatic rings. The highest BCUT2D eigenvalue weighted by Gasteiger charge is 2.41. The molecule has 1 aromatic carbocycles. The molecule has 1 saturated heterocycles. The van der Waals surface area contributed by atoms with Crippen molar-refractivity contribution in [3.8, 4) is 0 Å². The molecule has 1 aliphatic rings. The Morgan fingerprint density at radius 3 is 2.71 bits per heavy atom. The van der Waals surface area contributed by atoms with Gasteiger partial charge in [-0.05, 0) is 38.0 Å². The fraction of sp³-hybridized carbons (Fsp3) is 0.562. The van der Waals surface area contributed by atoms with Gasteiger partial charge in [-0.2, -0.15) is 0 Å². The Balaban J connectivity index is 2.30. The second kappa shape index (κ2) is 6.34. The second-order valence-corrected chi connectivity index (χ2v) is 6.45. The molecule has 1 N–H and O–H groups in total. The average molecular weight is 311 g/mol. The summed E-state index contributed by atoms with van der Waals surface area (Å²) >= 11 is 6.08. The Labute approximate surface area is 131 Å². The average Bonchev–Trinajstić information content (AvgIpc) is 2.75. The quantitative estimate of drug-likeness (QED) is 0.909. The number of carbonyl (C=O) groups excluding carboxylic acids is 1. The van der Waals surface area contributed by atoms with Crippen molar-refractivity contribution < 1.29 is 9.53 Å². The standard InChI is InChI=1S/C16H23ClN2O2/c1-5-13-15(20)19(10-16(2,3)21-4)14(18-13)11-7-6-8-12(17)9-11/h6-9,13-14,18H,5,10H2,1-4H3. The summed E-state index contributed by atoms with van der Waals surface area (Å²) in [6, 6.07) is 7.48. The summed E-state index contributed by atoms with van der Waals surface area (Å²) in [4.78, 5) is 14.4. The van der Waals surface area contributed by atoms with Gasteiger partial charge in [0.05, 0.1) is 18.2 Å². The van der Waals surface area contributed by atoms with Gasteiger partial charge in [-0.15, -0.1) is 0 Å². The molecule has 0 spiro atoms. The number of nitrogens with one attached hydrogen (secondary N) is 1. The molecule has 1 amide bonds. The minimum absolute atomic E-state index is 0.118. The van der Waals surface area contributed by atoms with Crippen LogP contribution in [0.25, 0.3) is 0 Å². The Morgan fingerprint density at radius 2 is 2.14 bits per heavy atom. The van der Waals surface area contributed by atoms with Gasteiger partial charge in [0, 0.05) is 12.1 Å². The van der Waals surface area contributed by atoms with Gasteiger partial charge >= 0.3 is 0 Å². The molecule has 5 heteroatoms. The minimum atomic E-state index is -0.392. The summed E-state index contributed by atoms with van der Waals surface area (Å²) in [6.45, 7) is 6.50. The number of carbonyl (C=O) groups is 1. The zero-order chi connectivity index (χ0) is 15.6. The van der Waals surface area contributed by atoms with Crippen molar-refractivity contribution >= 4 is 17.5 Å². The van der Waals surface area contributed by atoms with E-state index >= 15 is 0 Å². The van der Waals surface area contributed by atoms with Gasteiger partial charge in [0.1, 0.15) is 6.17 Å². The van der Waals surface area contributed by atoms with Crippen LogP contribution in [0.5, 0.6) is 0 Å². The van der Waals surface area contributed by atoms with Crippen molar-refractivity contribution in [2.24, 2.45) is 0 Å². The summed E-state index contributed by atoms with van der Waals surface area (Å²) in [5.74, 6) is 0.118. The van der Waals surface area contributed by atoms with E-state index in [-0.39, 0.29) is 18.1 Å². The highest BCUT2D eigenvalue weighted by atomic mass is 35.5. The van der Waals surface area contributed by atoms with Gasteiger partial charge in [0.25, 0.3) is 0 Å². The van der Waals surface area contributed by atoms with Gasteiger partial charge in [-0.1, -0.05) is 30.7 Å². The van der Waals surface area contributed by atoms with Crippen molar-refractivity contribution in [1.29, 1.82) is 0 Å². The first-order chi connectivity index (χ1) is 9.88. The molecule has 21 heavy (non-hydrogen) atoms. The van der Waals surface area contributed by atoms with E-state index in [9.17, 15) is 4.79 Å². The molecule has 2 rings (SSSR count). The molecule has 4 nitrogen and oxygen atoms in total. The number of rotatable bonds is 5. The summed E-state index contributed by atoms with van der Waals surface area (Å²) in [5.41, 5.74) is 0.607. The summed E-state index contributed by atoms with van der Waals surface area (Å²) < 4.78 is 5.48. The van der Waals surface area contributed by atoms with Crippen molar-refractivity contribution in [3.05, 3.63) is 34.9 Å². The molecule has 1 fully saturated rings. The Morgan fingerprint density at radius 1 is 1.43 bits per heavy atom. The number of ether oxygens (including phenoxy) is 1. The predicted molar refractivity (Wildman–Crippen MR) is 84.2 cm³/mol. The zero-order valence-corrected chi connectivity index (χ0v) is 13.8. The number of nitrogens with zero attached hydrogens (tertiary/aromatic N) is 1. The van der Waals surface area contributed by atoms with Crippen LogP contribution < -0.4 is 5.32 Å². The van der Waals surface area contributed by atoms with E-state index in [4.69, 9.17) is 16.3 Å². The molecular weight excluding hydrogens is 288 g/mol. The van der Waals surface area contributed by atoms with E-state index in [2.05, 4.69) is 5.32 Å². The van der Waals surface area contributed by atoms with Crippen LogP contribution in [0.4, 0.5) is 0 Å². The van der Waals surface area contributed by atoms with Crippen LogP contribution in [0.1, 0.15) is 38.9 Å². The van der Waals surface area contributed by atoms with Crippen LogP contribution in [0, 0.1) is 0 Å². The van der Waals surface area contributed by atoms with Crippen molar-refractivity contribution in [3.63, 3.8) is 0 Å². The van der Waals surface area contributed by atoms with Crippen molar-refractivity contribution in [1.82, 2.24) is 10.2 Å².